The minimum absolute atomic E-state index is 0.168. The van der Waals surface area contributed by atoms with Crippen molar-refractivity contribution in [1.82, 2.24) is 0 Å². The summed E-state index contributed by atoms with van der Waals surface area (Å²) in [4.78, 5) is 12.4. The van der Waals surface area contributed by atoms with Crippen molar-refractivity contribution < 1.29 is 19.9 Å². The first-order chi connectivity index (χ1) is 12.2. The molecule has 7 heteroatoms. The second-order valence-electron chi connectivity index (χ2n) is 7.16. The van der Waals surface area contributed by atoms with Gasteiger partial charge in [-0.2, -0.15) is 0 Å². The molecule has 134 valence electrons. The first kappa shape index (κ1) is 16.3. The van der Waals surface area contributed by atoms with E-state index in [1.54, 1.807) is 18.2 Å². The van der Waals surface area contributed by atoms with E-state index in [0.717, 1.165) is 17.3 Å². The molecule has 4 rings (SSSR count). The van der Waals surface area contributed by atoms with Gasteiger partial charge in [-0.25, -0.2) is 0 Å². The van der Waals surface area contributed by atoms with Gasteiger partial charge in [0.15, 0.2) is 11.5 Å². The summed E-state index contributed by atoms with van der Waals surface area (Å²) in [6.07, 6.45) is 3.57. The van der Waals surface area contributed by atoms with Crippen LogP contribution in [0.5, 0.6) is 17.2 Å². The summed E-state index contributed by atoms with van der Waals surface area (Å²) in [5.41, 5.74) is 0.571. The van der Waals surface area contributed by atoms with E-state index in [9.17, 15) is 20.3 Å². The van der Waals surface area contributed by atoms with E-state index in [0.29, 0.717) is 5.56 Å². The fraction of sp³-hybridized carbons (Fsp3) is 0.263. The zero-order chi connectivity index (χ0) is 18.9. The number of anilines is 1. The summed E-state index contributed by atoms with van der Waals surface area (Å²) in [6, 6.07) is 7.62. The number of non-ortho nitro benzene ring substituents is 1. The molecule has 1 spiro atoms. The Kier molecular flexibility index (Phi) is 3.07. The van der Waals surface area contributed by atoms with Crippen LogP contribution in [-0.4, -0.2) is 27.9 Å². The maximum atomic E-state index is 11.0. The molecule has 0 aromatic heterocycles. The maximum absolute atomic E-state index is 11.0. The van der Waals surface area contributed by atoms with Gasteiger partial charge < -0.3 is 19.8 Å². The lowest BCUT2D eigenvalue weighted by Crippen LogP contribution is -2.58. The Hall–Kier alpha value is -3.22. The smallest absolute Gasteiger partial charge is 0.274 e. The average molecular weight is 354 g/mol. The summed E-state index contributed by atoms with van der Waals surface area (Å²) >= 11 is 0. The van der Waals surface area contributed by atoms with Crippen molar-refractivity contribution >= 4 is 17.5 Å². The van der Waals surface area contributed by atoms with Gasteiger partial charge in [-0.15, -0.1) is 0 Å². The number of nitro groups is 1. The fourth-order valence-electron chi connectivity index (χ4n) is 3.98. The number of benzene rings is 2. The van der Waals surface area contributed by atoms with E-state index in [1.807, 2.05) is 37.9 Å². The van der Waals surface area contributed by atoms with Gasteiger partial charge in [0.2, 0.25) is 5.72 Å². The predicted octanol–water partition coefficient (Wildman–Crippen LogP) is 3.54. The van der Waals surface area contributed by atoms with E-state index in [2.05, 4.69) is 0 Å². The molecule has 0 fully saturated rings. The SMILES string of the molecule is CN1c2ccc(O)cc2C(C)(C)[C@]12C=Cc1cc([N+](=O)[O-])cc(O)c1O2. The van der Waals surface area contributed by atoms with Gasteiger partial charge in [-0.3, -0.25) is 10.1 Å². The van der Waals surface area contributed by atoms with Crippen molar-refractivity contribution in [2.24, 2.45) is 0 Å². The molecule has 7 nitrogen and oxygen atoms in total. The normalized spacial score (nSPS) is 22.0. The molecule has 0 unspecified atom stereocenters. The Morgan fingerprint density at radius 2 is 1.92 bits per heavy atom. The Labute approximate surface area is 149 Å². The average Bonchev–Trinajstić information content (AvgIpc) is 2.74. The molecule has 0 saturated heterocycles. The number of fused-ring (bicyclic) bond motifs is 2. The number of nitrogens with zero attached hydrogens (tertiary/aromatic N) is 2. The third-order valence-electron chi connectivity index (χ3n) is 5.45. The van der Waals surface area contributed by atoms with Gasteiger partial charge in [0.1, 0.15) is 5.75 Å². The van der Waals surface area contributed by atoms with Crippen LogP contribution in [0.1, 0.15) is 25.0 Å². The number of hydrogen-bond donors (Lipinski definition) is 2. The monoisotopic (exact) mass is 354 g/mol. The summed E-state index contributed by atoms with van der Waals surface area (Å²) in [5, 5.41) is 31.3. The molecule has 0 saturated carbocycles. The number of phenolic OH excluding ortho intramolecular Hbond substituents is 2. The minimum Gasteiger partial charge on any atom is -0.508 e. The van der Waals surface area contributed by atoms with E-state index in [4.69, 9.17) is 4.74 Å². The van der Waals surface area contributed by atoms with Crippen molar-refractivity contribution in [3.8, 4) is 17.2 Å². The second kappa shape index (κ2) is 4.91. The fourth-order valence-corrected chi connectivity index (χ4v) is 3.98. The molecule has 0 aliphatic carbocycles. The van der Waals surface area contributed by atoms with Crippen molar-refractivity contribution in [3.05, 3.63) is 57.6 Å². The van der Waals surface area contributed by atoms with Crippen LogP contribution in [0.3, 0.4) is 0 Å². The summed E-state index contributed by atoms with van der Waals surface area (Å²) in [7, 11) is 1.88. The third kappa shape index (κ3) is 1.88. The number of aromatic hydroxyl groups is 2. The number of phenols is 2. The molecule has 2 aliphatic heterocycles. The molecule has 0 bridgehead atoms. The van der Waals surface area contributed by atoms with Gasteiger partial charge in [0.05, 0.1) is 16.4 Å². The van der Waals surface area contributed by atoms with Crippen LogP contribution >= 0.6 is 0 Å². The molecular formula is C19H18N2O5. The lowest BCUT2D eigenvalue weighted by Gasteiger charge is -2.45. The topological polar surface area (TPSA) is 96.1 Å². The number of hydrogen-bond acceptors (Lipinski definition) is 6. The predicted molar refractivity (Wildman–Crippen MR) is 96.7 cm³/mol. The van der Waals surface area contributed by atoms with Gasteiger partial charge >= 0.3 is 0 Å². The van der Waals surface area contributed by atoms with E-state index in [1.165, 1.54) is 6.07 Å². The molecule has 0 amide bonds. The molecule has 2 N–H and O–H groups in total. The zero-order valence-corrected chi connectivity index (χ0v) is 14.6. The summed E-state index contributed by atoms with van der Waals surface area (Å²) in [5.74, 6) is 0.0944. The Balaban J connectivity index is 1.88. The lowest BCUT2D eigenvalue weighted by atomic mass is 9.76. The van der Waals surface area contributed by atoms with Crippen molar-refractivity contribution in [2.75, 3.05) is 11.9 Å². The zero-order valence-electron chi connectivity index (χ0n) is 14.6. The summed E-state index contributed by atoms with van der Waals surface area (Å²) < 4.78 is 6.28. The van der Waals surface area contributed by atoms with Crippen LogP contribution in [-0.2, 0) is 5.41 Å². The second-order valence-corrected chi connectivity index (χ2v) is 7.16. The molecular weight excluding hydrogens is 336 g/mol. The molecule has 1 atom stereocenters. The first-order valence-corrected chi connectivity index (χ1v) is 8.14. The number of likely N-dealkylation sites (N-methyl/N-ethyl adjacent to an activating group) is 1. The van der Waals surface area contributed by atoms with E-state index < -0.39 is 16.1 Å². The maximum Gasteiger partial charge on any atom is 0.274 e. The Bertz CT molecular complexity index is 982. The highest BCUT2D eigenvalue weighted by Gasteiger charge is 2.58. The van der Waals surface area contributed by atoms with Crippen molar-refractivity contribution in [1.29, 1.82) is 0 Å². The Morgan fingerprint density at radius 3 is 2.62 bits per heavy atom. The number of ether oxygens (including phenoxy) is 1. The van der Waals surface area contributed by atoms with Crippen molar-refractivity contribution in [2.45, 2.75) is 25.0 Å². The van der Waals surface area contributed by atoms with Gasteiger partial charge in [-0.05, 0) is 49.8 Å². The molecule has 2 aromatic rings. The van der Waals surface area contributed by atoms with Crippen LogP contribution in [0.2, 0.25) is 0 Å². The van der Waals surface area contributed by atoms with Gasteiger partial charge in [0.25, 0.3) is 5.69 Å². The first-order valence-electron chi connectivity index (χ1n) is 8.14. The van der Waals surface area contributed by atoms with Gasteiger partial charge in [0, 0.05) is 24.4 Å². The molecule has 2 aliphatic rings. The van der Waals surface area contributed by atoms with Crippen LogP contribution < -0.4 is 9.64 Å². The van der Waals surface area contributed by atoms with E-state index >= 15 is 0 Å². The molecule has 0 radical (unpaired) electrons. The quantitative estimate of drug-likeness (QED) is 0.601. The van der Waals surface area contributed by atoms with Crippen LogP contribution in [0.4, 0.5) is 11.4 Å². The highest BCUT2D eigenvalue weighted by Crippen LogP contribution is 2.56. The van der Waals surface area contributed by atoms with Crippen LogP contribution in [0.15, 0.2) is 36.4 Å². The minimum atomic E-state index is -0.941. The van der Waals surface area contributed by atoms with Crippen LogP contribution in [0.25, 0.3) is 6.08 Å². The highest BCUT2D eigenvalue weighted by molar-refractivity contribution is 5.75. The standard InChI is InChI=1S/C19H18N2O5/c1-18(2)14-10-13(22)4-5-15(14)20(3)19(18)7-6-11-8-12(21(24)25)9-16(23)17(11)26-19/h4-10,22-23H,1-3H3/t19-/m1/s1. The molecule has 2 aromatic carbocycles. The number of rotatable bonds is 1. The third-order valence-corrected chi connectivity index (χ3v) is 5.45. The van der Waals surface area contributed by atoms with E-state index in [-0.39, 0.29) is 22.9 Å². The molecule has 26 heavy (non-hydrogen) atoms. The summed E-state index contributed by atoms with van der Waals surface area (Å²) in [6.45, 7) is 3.99. The highest BCUT2D eigenvalue weighted by atomic mass is 16.6. The van der Waals surface area contributed by atoms with Crippen LogP contribution in [0, 0.1) is 10.1 Å². The number of nitro benzene ring substituents is 1. The van der Waals surface area contributed by atoms with Gasteiger partial charge in [-0.1, -0.05) is 0 Å². The lowest BCUT2D eigenvalue weighted by molar-refractivity contribution is -0.385. The molecule has 2 heterocycles. The largest absolute Gasteiger partial charge is 0.508 e. The van der Waals surface area contributed by atoms with Crippen molar-refractivity contribution in [3.63, 3.8) is 0 Å². The Morgan fingerprint density at radius 1 is 1.19 bits per heavy atom.